The fraction of sp³-hybridized carbons (Fsp3) is 0.917. The topological polar surface area (TPSA) is 38.3 Å². The summed E-state index contributed by atoms with van der Waals surface area (Å²) >= 11 is 0. The largest absolute Gasteiger partial charge is 0.466 e. The molecule has 2 unspecified atom stereocenters. The summed E-state index contributed by atoms with van der Waals surface area (Å²) in [6.07, 6.45) is 1.09. The summed E-state index contributed by atoms with van der Waals surface area (Å²) in [4.78, 5) is 11.4. The standard InChI is InChI=1S/C12H25NO2/c1-6-11(9(3)4)13-8-10(5)12(14)15-7-2/h9-11,13H,6-8H2,1-5H3. The van der Waals surface area contributed by atoms with Crippen molar-refractivity contribution in [2.75, 3.05) is 13.2 Å². The van der Waals surface area contributed by atoms with Crippen LogP contribution < -0.4 is 5.32 Å². The molecule has 0 fully saturated rings. The van der Waals surface area contributed by atoms with E-state index in [1.54, 1.807) is 0 Å². The van der Waals surface area contributed by atoms with Gasteiger partial charge in [0.25, 0.3) is 0 Å². The lowest BCUT2D eigenvalue weighted by molar-refractivity contribution is -0.147. The van der Waals surface area contributed by atoms with Crippen LogP contribution in [0.5, 0.6) is 0 Å². The van der Waals surface area contributed by atoms with Crippen LogP contribution in [0.4, 0.5) is 0 Å². The van der Waals surface area contributed by atoms with E-state index in [4.69, 9.17) is 4.74 Å². The van der Waals surface area contributed by atoms with Gasteiger partial charge in [-0.05, 0) is 19.3 Å². The van der Waals surface area contributed by atoms with E-state index >= 15 is 0 Å². The number of carbonyl (C=O) groups is 1. The van der Waals surface area contributed by atoms with Crippen LogP contribution in [0.25, 0.3) is 0 Å². The molecule has 0 aliphatic rings. The Morgan fingerprint density at radius 2 is 1.87 bits per heavy atom. The predicted molar refractivity (Wildman–Crippen MR) is 62.7 cm³/mol. The van der Waals surface area contributed by atoms with E-state index in [0.29, 0.717) is 25.1 Å². The average molecular weight is 215 g/mol. The molecule has 0 aromatic rings. The van der Waals surface area contributed by atoms with E-state index in [1.165, 1.54) is 0 Å². The third kappa shape index (κ3) is 5.78. The van der Waals surface area contributed by atoms with Crippen molar-refractivity contribution in [1.82, 2.24) is 5.32 Å². The smallest absolute Gasteiger partial charge is 0.309 e. The van der Waals surface area contributed by atoms with Gasteiger partial charge in [0.1, 0.15) is 0 Å². The second-order valence-corrected chi connectivity index (χ2v) is 4.32. The van der Waals surface area contributed by atoms with Gasteiger partial charge in [-0.2, -0.15) is 0 Å². The SMILES string of the molecule is CCOC(=O)C(C)CNC(CC)C(C)C. The summed E-state index contributed by atoms with van der Waals surface area (Å²) in [5.74, 6) is 0.436. The maximum absolute atomic E-state index is 11.4. The third-order valence-corrected chi connectivity index (χ3v) is 2.62. The highest BCUT2D eigenvalue weighted by atomic mass is 16.5. The molecule has 0 amide bonds. The fourth-order valence-electron chi connectivity index (χ4n) is 1.55. The molecule has 0 spiro atoms. The number of ether oxygens (including phenoxy) is 1. The first kappa shape index (κ1) is 14.4. The van der Waals surface area contributed by atoms with Gasteiger partial charge >= 0.3 is 5.97 Å². The molecule has 0 heterocycles. The van der Waals surface area contributed by atoms with Gasteiger partial charge in [-0.15, -0.1) is 0 Å². The van der Waals surface area contributed by atoms with Gasteiger partial charge in [0.2, 0.25) is 0 Å². The molecule has 0 aromatic carbocycles. The molecule has 90 valence electrons. The second-order valence-electron chi connectivity index (χ2n) is 4.32. The second kappa shape index (κ2) is 7.69. The minimum Gasteiger partial charge on any atom is -0.466 e. The van der Waals surface area contributed by atoms with Gasteiger partial charge in [0, 0.05) is 12.6 Å². The van der Waals surface area contributed by atoms with Crippen molar-refractivity contribution in [3.8, 4) is 0 Å². The first-order valence-corrected chi connectivity index (χ1v) is 5.92. The summed E-state index contributed by atoms with van der Waals surface area (Å²) in [5, 5.41) is 3.41. The summed E-state index contributed by atoms with van der Waals surface area (Å²) in [7, 11) is 0. The summed E-state index contributed by atoms with van der Waals surface area (Å²) < 4.78 is 4.95. The number of nitrogens with one attached hydrogen (secondary N) is 1. The fourth-order valence-corrected chi connectivity index (χ4v) is 1.55. The minimum atomic E-state index is -0.108. The Morgan fingerprint density at radius 1 is 1.27 bits per heavy atom. The quantitative estimate of drug-likeness (QED) is 0.662. The first-order chi connectivity index (χ1) is 7.02. The number of hydrogen-bond acceptors (Lipinski definition) is 3. The molecular formula is C12H25NO2. The highest BCUT2D eigenvalue weighted by molar-refractivity contribution is 5.72. The minimum absolute atomic E-state index is 0.0576. The molecule has 0 aromatic heterocycles. The van der Waals surface area contributed by atoms with Crippen molar-refractivity contribution in [3.05, 3.63) is 0 Å². The van der Waals surface area contributed by atoms with Crippen LogP contribution in [0.15, 0.2) is 0 Å². The highest BCUT2D eigenvalue weighted by Crippen LogP contribution is 2.06. The van der Waals surface area contributed by atoms with Gasteiger partial charge in [-0.25, -0.2) is 0 Å². The monoisotopic (exact) mass is 215 g/mol. The lowest BCUT2D eigenvalue weighted by Gasteiger charge is -2.22. The molecule has 3 nitrogen and oxygen atoms in total. The summed E-state index contributed by atoms with van der Waals surface area (Å²) in [6, 6.07) is 0.488. The van der Waals surface area contributed by atoms with Gasteiger partial charge in [-0.3, -0.25) is 4.79 Å². The molecule has 15 heavy (non-hydrogen) atoms. The Labute approximate surface area is 93.6 Å². The van der Waals surface area contributed by atoms with E-state index in [2.05, 4.69) is 26.1 Å². The normalized spacial score (nSPS) is 15.1. The van der Waals surface area contributed by atoms with Crippen molar-refractivity contribution < 1.29 is 9.53 Å². The number of esters is 1. The van der Waals surface area contributed by atoms with Crippen molar-refractivity contribution in [3.63, 3.8) is 0 Å². The lowest BCUT2D eigenvalue weighted by Crippen LogP contribution is -2.38. The zero-order valence-corrected chi connectivity index (χ0v) is 10.7. The van der Waals surface area contributed by atoms with E-state index in [9.17, 15) is 4.79 Å². The van der Waals surface area contributed by atoms with E-state index in [1.807, 2.05) is 13.8 Å². The number of hydrogen-bond donors (Lipinski definition) is 1. The van der Waals surface area contributed by atoms with E-state index in [-0.39, 0.29) is 11.9 Å². The lowest BCUT2D eigenvalue weighted by atomic mass is 10.0. The molecule has 0 bridgehead atoms. The molecule has 0 saturated heterocycles. The van der Waals surface area contributed by atoms with Gasteiger partial charge in [0.05, 0.1) is 12.5 Å². The Bertz CT molecular complexity index is 180. The third-order valence-electron chi connectivity index (χ3n) is 2.62. The summed E-state index contributed by atoms with van der Waals surface area (Å²) in [5.41, 5.74) is 0. The van der Waals surface area contributed by atoms with E-state index in [0.717, 1.165) is 6.42 Å². The number of rotatable bonds is 7. The van der Waals surface area contributed by atoms with Gasteiger partial charge in [0.15, 0.2) is 0 Å². The van der Waals surface area contributed by atoms with Gasteiger partial charge in [-0.1, -0.05) is 27.7 Å². The Morgan fingerprint density at radius 3 is 2.27 bits per heavy atom. The molecular weight excluding hydrogens is 190 g/mol. The Hall–Kier alpha value is -0.570. The molecule has 0 rings (SSSR count). The maximum atomic E-state index is 11.4. The molecule has 3 heteroatoms. The molecule has 1 N–H and O–H groups in total. The number of carbonyl (C=O) groups excluding carboxylic acids is 1. The Kier molecular flexibility index (Phi) is 7.39. The zero-order chi connectivity index (χ0) is 11.8. The molecule has 0 aliphatic carbocycles. The molecule has 0 saturated carbocycles. The van der Waals surface area contributed by atoms with Gasteiger partial charge < -0.3 is 10.1 Å². The van der Waals surface area contributed by atoms with Crippen LogP contribution >= 0.6 is 0 Å². The average Bonchev–Trinajstić information content (AvgIpc) is 2.18. The zero-order valence-electron chi connectivity index (χ0n) is 10.7. The van der Waals surface area contributed by atoms with E-state index < -0.39 is 0 Å². The van der Waals surface area contributed by atoms with Crippen LogP contribution in [0.1, 0.15) is 41.0 Å². The van der Waals surface area contributed by atoms with Crippen molar-refractivity contribution >= 4 is 5.97 Å². The van der Waals surface area contributed by atoms with Crippen molar-refractivity contribution in [1.29, 1.82) is 0 Å². The maximum Gasteiger partial charge on any atom is 0.309 e. The molecule has 0 aliphatic heterocycles. The van der Waals surface area contributed by atoms with Crippen LogP contribution in [0.3, 0.4) is 0 Å². The van der Waals surface area contributed by atoms with Crippen LogP contribution in [0.2, 0.25) is 0 Å². The van der Waals surface area contributed by atoms with Crippen molar-refractivity contribution in [2.24, 2.45) is 11.8 Å². The predicted octanol–water partition coefficient (Wildman–Crippen LogP) is 2.21. The first-order valence-electron chi connectivity index (χ1n) is 5.92. The molecule has 0 radical (unpaired) electrons. The summed E-state index contributed by atoms with van der Waals surface area (Å²) in [6.45, 7) is 11.4. The van der Waals surface area contributed by atoms with Crippen LogP contribution in [-0.4, -0.2) is 25.2 Å². The highest BCUT2D eigenvalue weighted by Gasteiger charge is 2.16. The van der Waals surface area contributed by atoms with Crippen LogP contribution in [-0.2, 0) is 9.53 Å². The van der Waals surface area contributed by atoms with Crippen molar-refractivity contribution in [2.45, 2.75) is 47.1 Å². The van der Waals surface area contributed by atoms with Crippen LogP contribution in [0, 0.1) is 11.8 Å². The molecule has 2 atom stereocenters. The Balaban J connectivity index is 3.87.